The normalized spacial score (nSPS) is 14.3. The average Bonchev–Trinajstić information content (AvgIpc) is 3.37. The van der Waals surface area contributed by atoms with Crippen LogP contribution in [0.4, 0.5) is 4.79 Å². The van der Waals surface area contributed by atoms with Gasteiger partial charge in [-0.1, -0.05) is 0 Å². The molecule has 0 spiro atoms. The lowest BCUT2D eigenvalue weighted by molar-refractivity contribution is -0.143. The smallest absolute Gasteiger partial charge is 0.373 e. The molecule has 1 aromatic carbocycles. The molecule has 0 atom stereocenters. The maximum absolute atomic E-state index is 12.8. The van der Waals surface area contributed by atoms with Gasteiger partial charge in [0.2, 0.25) is 5.76 Å². The second-order valence-corrected chi connectivity index (χ2v) is 7.70. The Hall–Kier alpha value is -3.55. The Morgan fingerprint density at radius 2 is 1.91 bits per heavy atom. The number of carbonyl (C=O) groups is 4. The summed E-state index contributed by atoms with van der Waals surface area (Å²) in [5.74, 6) is -0.910. The van der Waals surface area contributed by atoms with Crippen molar-refractivity contribution in [3.8, 4) is 11.5 Å². The minimum Gasteiger partial charge on any atom is -0.493 e. The number of benzene rings is 1. The first-order chi connectivity index (χ1) is 15.8. The second kappa shape index (κ2) is 10.4. The third-order valence-corrected chi connectivity index (χ3v) is 5.25. The first-order valence-electron chi connectivity index (χ1n) is 9.36. The van der Waals surface area contributed by atoms with E-state index in [0.29, 0.717) is 20.6 Å². The zero-order valence-electron chi connectivity index (χ0n) is 17.8. The molecule has 0 unspecified atom stereocenters. The SMILES string of the molecule is COC(=O)COc1c(I)cc(/C=C2\NC(=O)N(Cc3ccc(C(=O)OC)o3)C2=O)cc1OC. The van der Waals surface area contributed by atoms with Gasteiger partial charge in [0.15, 0.2) is 18.1 Å². The van der Waals surface area contributed by atoms with Crippen LogP contribution >= 0.6 is 22.6 Å². The van der Waals surface area contributed by atoms with Crippen LogP contribution in [-0.2, 0) is 25.6 Å². The van der Waals surface area contributed by atoms with Crippen molar-refractivity contribution in [3.05, 3.63) is 50.6 Å². The summed E-state index contributed by atoms with van der Waals surface area (Å²) in [5, 5.41) is 2.51. The highest BCUT2D eigenvalue weighted by atomic mass is 127. The van der Waals surface area contributed by atoms with Crippen LogP contribution in [0, 0.1) is 3.57 Å². The number of ether oxygens (including phenoxy) is 4. The molecule has 1 aromatic heterocycles. The summed E-state index contributed by atoms with van der Waals surface area (Å²) < 4.78 is 25.9. The number of methoxy groups -OCH3 is 3. The standard InChI is InChI=1S/C21H19IN2O9/c1-29-16-8-11(6-13(22)18(16)32-10-17(25)30-2)7-14-19(26)24(21(28)23-14)9-12-4-5-15(33-12)20(27)31-3/h4-8H,9-10H2,1-3H3,(H,23,28)/b14-7-. The highest BCUT2D eigenvalue weighted by Gasteiger charge is 2.34. The Bertz CT molecular complexity index is 1140. The molecule has 1 saturated heterocycles. The summed E-state index contributed by atoms with van der Waals surface area (Å²) in [6.45, 7) is -0.461. The van der Waals surface area contributed by atoms with Gasteiger partial charge in [-0.3, -0.25) is 9.69 Å². The molecule has 0 saturated carbocycles. The van der Waals surface area contributed by atoms with Crippen LogP contribution in [0.25, 0.3) is 6.08 Å². The summed E-state index contributed by atoms with van der Waals surface area (Å²) in [6, 6.07) is 5.53. The number of imide groups is 1. The van der Waals surface area contributed by atoms with Gasteiger partial charge in [-0.2, -0.15) is 0 Å². The van der Waals surface area contributed by atoms with Gasteiger partial charge in [0.1, 0.15) is 11.5 Å². The van der Waals surface area contributed by atoms with Gasteiger partial charge in [0.25, 0.3) is 5.91 Å². The minimum absolute atomic E-state index is 0.0357. The first-order valence-corrected chi connectivity index (χ1v) is 10.4. The number of hydrogen-bond donors (Lipinski definition) is 1. The number of rotatable bonds is 8. The Labute approximate surface area is 201 Å². The van der Waals surface area contributed by atoms with Gasteiger partial charge in [-0.15, -0.1) is 0 Å². The topological polar surface area (TPSA) is 134 Å². The van der Waals surface area contributed by atoms with Crippen LogP contribution in [0.1, 0.15) is 21.9 Å². The second-order valence-electron chi connectivity index (χ2n) is 6.54. The number of hydrogen-bond acceptors (Lipinski definition) is 9. The molecule has 12 heteroatoms. The van der Waals surface area contributed by atoms with E-state index in [1.807, 2.05) is 22.6 Å². The first kappa shape index (κ1) is 24.1. The molecular weight excluding hydrogens is 551 g/mol. The molecule has 3 rings (SSSR count). The van der Waals surface area contributed by atoms with Gasteiger partial charge in [-0.05, 0) is 58.5 Å². The van der Waals surface area contributed by atoms with E-state index in [2.05, 4.69) is 14.8 Å². The predicted octanol–water partition coefficient (Wildman–Crippen LogP) is 2.32. The summed E-state index contributed by atoms with van der Waals surface area (Å²) in [5.41, 5.74) is 0.596. The van der Waals surface area contributed by atoms with Crippen LogP contribution in [-0.4, -0.2) is 56.7 Å². The molecule has 2 aromatic rings. The van der Waals surface area contributed by atoms with Crippen molar-refractivity contribution in [1.82, 2.24) is 10.2 Å². The molecule has 3 amide bonds. The van der Waals surface area contributed by atoms with Crippen LogP contribution in [0.3, 0.4) is 0 Å². The van der Waals surface area contributed by atoms with Crippen LogP contribution in [0.15, 0.2) is 34.4 Å². The number of nitrogens with zero attached hydrogens (tertiary/aromatic N) is 1. The van der Waals surface area contributed by atoms with Gasteiger partial charge in [0.05, 0.1) is 31.4 Å². The van der Waals surface area contributed by atoms with Crippen molar-refractivity contribution >= 4 is 52.5 Å². The summed E-state index contributed by atoms with van der Waals surface area (Å²) >= 11 is 2.00. The Kier molecular flexibility index (Phi) is 7.58. The van der Waals surface area contributed by atoms with Crippen molar-refractivity contribution in [1.29, 1.82) is 0 Å². The van der Waals surface area contributed by atoms with E-state index >= 15 is 0 Å². The summed E-state index contributed by atoms with van der Waals surface area (Å²) in [6.07, 6.45) is 1.48. The third-order valence-electron chi connectivity index (χ3n) is 4.45. The molecule has 0 aliphatic carbocycles. The molecule has 1 N–H and O–H groups in total. The summed E-state index contributed by atoms with van der Waals surface area (Å²) in [4.78, 5) is 48.9. The Morgan fingerprint density at radius 1 is 1.15 bits per heavy atom. The van der Waals surface area contributed by atoms with E-state index in [0.717, 1.165) is 4.90 Å². The molecule has 1 fully saturated rings. The fraction of sp³-hybridized carbons (Fsp3) is 0.238. The average molecular weight is 570 g/mol. The fourth-order valence-electron chi connectivity index (χ4n) is 2.86. The molecule has 0 bridgehead atoms. The molecule has 1 aliphatic rings. The van der Waals surface area contributed by atoms with Gasteiger partial charge in [-0.25, -0.2) is 14.4 Å². The monoisotopic (exact) mass is 570 g/mol. The van der Waals surface area contributed by atoms with Gasteiger partial charge < -0.3 is 28.7 Å². The van der Waals surface area contributed by atoms with Crippen LogP contribution in [0.2, 0.25) is 0 Å². The quantitative estimate of drug-likeness (QED) is 0.220. The van der Waals surface area contributed by atoms with E-state index in [-0.39, 0.29) is 30.4 Å². The van der Waals surface area contributed by atoms with E-state index in [4.69, 9.17) is 13.9 Å². The fourth-order valence-corrected chi connectivity index (χ4v) is 3.65. The highest BCUT2D eigenvalue weighted by Crippen LogP contribution is 2.35. The highest BCUT2D eigenvalue weighted by molar-refractivity contribution is 14.1. The van der Waals surface area contributed by atoms with E-state index in [9.17, 15) is 19.2 Å². The molecule has 0 radical (unpaired) electrons. The number of urea groups is 1. The Morgan fingerprint density at radius 3 is 2.58 bits per heavy atom. The largest absolute Gasteiger partial charge is 0.493 e. The number of halogens is 1. The molecule has 2 heterocycles. The molecule has 1 aliphatic heterocycles. The number of nitrogens with one attached hydrogen (secondary N) is 1. The minimum atomic E-state index is -0.665. The van der Waals surface area contributed by atoms with Crippen molar-refractivity contribution in [2.45, 2.75) is 6.54 Å². The van der Waals surface area contributed by atoms with Crippen molar-refractivity contribution in [3.63, 3.8) is 0 Å². The van der Waals surface area contributed by atoms with Crippen molar-refractivity contribution < 1.29 is 42.5 Å². The summed E-state index contributed by atoms with van der Waals surface area (Å²) in [7, 11) is 3.90. The number of furan rings is 1. The number of amides is 3. The van der Waals surface area contributed by atoms with E-state index in [1.165, 1.54) is 39.5 Å². The maximum atomic E-state index is 12.8. The van der Waals surface area contributed by atoms with Gasteiger partial charge >= 0.3 is 18.0 Å². The van der Waals surface area contributed by atoms with Crippen molar-refractivity contribution in [2.75, 3.05) is 27.9 Å². The maximum Gasteiger partial charge on any atom is 0.373 e. The zero-order chi connectivity index (χ0) is 24.1. The number of esters is 2. The molecule has 33 heavy (non-hydrogen) atoms. The number of carbonyl (C=O) groups excluding carboxylic acids is 4. The third kappa shape index (κ3) is 5.45. The van der Waals surface area contributed by atoms with Crippen LogP contribution < -0.4 is 14.8 Å². The van der Waals surface area contributed by atoms with Crippen LogP contribution in [0.5, 0.6) is 11.5 Å². The van der Waals surface area contributed by atoms with E-state index < -0.39 is 23.9 Å². The lowest BCUT2D eigenvalue weighted by Crippen LogP contribution is -2.30. The zero-order valence-corrected chi connectivity index (χ0v) is 20.0. The molecular formula is C21H19IN2O9. The molecule has 11 nitrogen and oxygen atoms in total. The molecule has 174 valence electrons. The van der Waals surface area contributed by atoms with Crippen molar-refractivity contribution in [2.24, 2.45) is 0 Å². The van der Waals surface area contributed by atoms with Gasteiger partial charge in [0, 0.05) is 0 Å². The lowest BCUT2D eigenvalue weighted by Gasteiger charge is -2.13. The Balaban J connectivity index is 1.79. The predicted molar refractivity (Wildman–Crippen MR) is 120 cm³/mol. The van der Waals surface area contributed by atoms with E-state index in [1.54, 1.807) is 12.1 Å². The lowest BCUT2D eigenvalue weighted by atomic mass is 10.1.